The summed E-state index contributed by atoms with van der Waals surface area (Å²) >= 11 is 1.88. The quantitative estimate of drug-likeness (QED) is 0.903. The lowest BCUT2D eigenvalue weighted by Crippen LogP contribution is -2.66. The van der Waals surface area contributed by atoms with Gasteiger partial charge in [0.05, 0.1) is 6.10 Å². The number of aryl methyl sites for hydroxylation is 1. The van der Waals surface area contributed by atoms with Crippen LogP contribution in [0.15, 0.2) is 11.4 Å². The van der Waals surface area contributed by atoms with Crippen molar-refractivity contribution in [3.8, 4) is 0 Å². The maximum Gasteiger partial charge on any atom is 0.0685 e. The van der Waals surface area contributed by atoms with Crippen LogP contribution >= 0.6 is 11.3 Å². The molecule has 1 unspecified atom stereocenters. The smallest absolute Gasteiger partial charge is 0.0685 e. The van der Waals surface area contributed by atoms with Crippen LogP contribution in [0.4, 0.5) is 0 Å². The highest BCUT2D eigenvalue weighted by Crippen LogP contribution is 2.52. The zero-order chi connectivity index (χ0) is 12.8. The van der Waals surface area contributed by atoms with E-state index >= 15 is 0 Å². The van der Waals surface area contributed by atoms with E-state index in [4.69, 9.17) is 4.74 Å². The predicted molar refractivity (Wildman–Crippen MR) is 76.2 cm³/mol. The average Bonchev–Trinajstić information content (AvgIpc) is 2.92. The zero-order valence-corrected chi connectivity index (χ0v) is 12.3. The number of nitrogens with one attached hydrogen (secondary N) is 1. The summed E-state index contributed by atoms with van der Waals surface area (Å²) in [5.74, 6) is 0.754. The van der Waals surface area contributed by atoms with Crippen molar-refractivity contribution in [1.29, 1.82) is 0 Å². The van der Waals surface area contributed by atoms with Crippen molar-refractivity contribution in [3.05, 3.63) is 21.9 Å². The van der Waals surface area contributed by atoms with Gasteiger partial charge in [-0.2, -0.15) is 0 Å². The molecule has 1 N–H and O–H groups in total. The monoisotopic (exact) mass is 265 g/mol. The molecule has 0 amide bonds. The minimum atomic E-state index is 0.311. The van der Waals surface area contributed by atoms with E-state index in [0.717, 1.165) is 25.5 Å². The fourth-order valence-electron chi connectivity index (χ4n) is 3.74. The summed E-state index contributed by atoms with van der Waals surface area (Å²) in [6, 6.07) is 2.86. The van der Waals surface area contributed by atoms with E-state index in [9.17, 15) is 0 Å². The van der Waals surface area contributed by atoms with Crippen LogP contribution in [-0.2, 0) is 11.2 Å². The molecule has 0 bridgehead atoms. The Labute approximate surface area is 114 Å². The minimum absolute atomic E-state index is 0.311. The molecule has 3 rings (SSSR count). The largest absolute Gasteiger partial charge is 0.377 e. The highest BCUT2D eigenvalue weighted by Gasteiger charge is 2.58. The normalized spacial score (nSPS) is 33.2. The number of hydrogen-bond acceptors (Lipinski definition) is 3. The second-order valence-electron chi connectivity index (χ2n) is 6.27. The van der Waals surface area contributed by atoms with Crippen molar-refractivity contribution in [1.82, 2.24) is 5.32 Å². The molecular weight excluding hydrogens is 242 g/mol. The topological polar surface area (TPSA) is 21.3 Å². The summed E-state index contributed by atoms with van der Waals surface area (Å²) in [5.41, 5.74) is 1.75. The lowest BCUT2D eigenvalue weighted by molar-refractivity contribution is -0.112. The molecule has 3 heteroatoms. The van der Waals surface area contributed by atoms with Gasteiger partial charge in [0.15, 0.2) is 0 Å². The molecule has 18 heavy (non-hydrogen) atoms. The molecule has 1 aromatic heterocycles. The molecular formula is C15H23NOS. The van der Waals surface area contributed by atoms with Gasteiger partial charge in [-0.1, -0.05) is 13.8 Å². The van der Waals surface area contributed by atoms with Gasteiger partial charge in [-0.3, -0.25) is 0 Å². The third-order valence-corrected chi connectivity index (χ3v) is 5.87. The van der Waals surface area contributed by atoms with Gasteiger partial charge in [0.25, 0.3) is 0 Å². The summed E-state index contributed by atoms with van der Waals surface area (Å²) < 4.78 is 5.83. The highest BCUT2D eigenvalue weighted by atomic mass is 32.1. The number of ether oxygens (including phenoxy) is 1. The van der Waals surface area contributed by atoms with Crippen LogP contribution in [0.3, 0.4) is 0 Å². The van der Waals surface area contributed by atoms with E-state index in [0.29, 0.717) is 17.6 Å². The van der Waals surface area contributed by atoms with Gasteiger partial charge >= 0.3 is 0 Å². The van der Waals surface area contributed by atoms with Crippen LogP contribution in [0.2, 0.25) is 0 Å². The Balaban J connectivity index is 1.53. The molecule has 0 radical (unpaired) electrons. The summed E-state index contributed by atoms with van der Waals surface area (Å²) in [6.45, 7) is 8.95. The highest BCUT2D eigenvalue weighted by molar-refractivity contribution is 7.10. The molecule has 1 saturated heterocycles. The predicted octanol–water partition coefficient (Wildman–Crippen LogP) is 3.00. The fraction of sp³-hybridized carbons (Fsp3) is 0.733. The Morgan fingerprint density at radius 1 is 1.50 bits per heavy atom. The Bertz CT molecular complexity index is 426. The third kappa shape index (κ3) is 1.93. The lowest BCUT2D eigenvalue weighted by atomic mass is 9.57. The van der Waals surface area contributed by atoms with Crippen molar-refractivity contribution in [2.75, 3.05) is 13.2 Å². The average molecular weight is 265 g/mol. The van der Waals surface area contributed by atoms with Gasteiger partial charge in [-0.05, 0) is 36.8 Å². The fourth-order valence-corrected chi connectivity index (χ4v) is 4.65. The molecule has 1 aliphatic heterocycles. The first-order valence-corrected chi connectivity index (χ1v) is 7.86. The van der Waals surface area contributed by atoms with Crippen molar-refractivity contribution >= 4 is 11.3 Å². The molecule has 2 heterocycles. The maximum atomic E-state index is 5.83. The molecule has 2 nitrogen and oxygen atoms in total. The van der Waals surface area contributed by atoms with E-state index in [2.05, 4.69) is 37.5 Å². The summed E-state index contributed by atoms with van der Waals surface area (Å²) in [6.07, 6.45) is 2.90. The van der Waals surface area contributed by atoms with Crippen LogP contribution < -0.4 is 5.32 Å². The van der Waals surface area contributed by atoms with E-state index in [-0.39, 0.29) is 0 Å². The van der Waals surface area contributed by atoms with Gasteiger partial charge < -0.3 is 10.1 Å². The molecule has 2 aliphatic rings. The molecule has 2 fully saturated rings. The Morgan fingerprint density at radius 3 is 3.06 bits per heavy atom. The maximum absolute atomic E-state index is 5.83. The third-order valence-electron chi connectivity index (χ3n) is 4.78. The van der Waals surface area contributed by atoms with Gasteiger partial charge in [-0.15, -0.1) is 11.3 Å². The van der Waals surface area contributed by atoms with Crippen LogP contribution in [0.25, 0.3) is 0 Å². The van der Waals surface area contributed by atoms with Crippen molar-refractivity contribution < 1.29 is 4.74 Å². The van der Waals surface area contributed by atoms with Gasteiger partial charge in [0.2, 0.25) is 0 Å². The Hall–Kier alpha value is -0.380. The first-order chi connectivity index (χ1) is 8.60. The summed E-state index contributed by atoms with van der Waals surface area (Å²) in [7, 11) is 0. The number of rotatable bonds is 4. The molecule has 0 spiro atoms. The Morgan fingerprint density at radius 2 is 2.33 bits per heavy atom. The van der Waals surface area contributed by atoms with Crippen molar-refractivity contribution in [2.24, 2.45) is 11.3 Å². The standard InChI is InChI=1S/C15H23NOS/c1-10-6-9-18-12(10)4-7-16-13-11-5-8-17-14(11)15(13,2)3/h6,9,11,13-14,16H,4-5,7-8H2,1-3H3/t11-,13?,14-/m0/s1. The number of fused-ring (bicyclic) bond motifs is 1. The van der Waals surface area contributed by atoms with Crippen LogP contribution in [0.1, 0.15) is 30.7 Å². The van der Waals surface area contributed by atoms with E-state index < -0.39 is 0 Å². The second-order valence-corrected chi connectivity index (χ2v) is 7.27. The molecule has 1 aliphatic carbocycles. The first-order valence-electron chi connectivity index (χ1n) is 6.98. The number of hydrogen-bond donors (Lipinski definition) is 1. The number of thiophene rings is 1. The lowest BCUT2D eigenvalue weighted by Gasteiger charge is -2.55. The summed E-state index contributed by atoms with van der Waals surface area (Å²) in [4.78, 5) is 1.53. The molecule has 100 valence electrons. The van der Waals surface area contributed by atoms with E-state index in [1.807, 2.05) is 11.3 Å². The zero-order valence-electron chi connectivity index (χ0n) is 11.5. The Kier molecular flexibility index (Phi) is 3.25. The van der Waals surface area contributed by atoms with Crippen LogP contribution in [-0.4, -0.2) is 25.3 Å². The van der Waals surface area contributed by atoms with Gasteiger partial charge in [0, 0.05) is 35.4 Å². The SMILES string of the molecule is Cc1ccsc1CCNC1[C@@H]2CCO[C@@H]2C1(C)C. The van der Waals surface area contributed by atoms with Crippen molar-refractivity contribution in [3.63, 3.8) is 0 Å². The van der Waals surface area contributed by atoms with E-state index in [1.165, 1.54) is 16.9 Å². The minimum Gasteiger partial charge on any atom is -0.377 e. The first kappa shape index (κ1) is 12.6. The molecule has 0 aromatic carbocycles. The molecule has 3 atom stereocenters. The summed E-state index contributed by atoms with van der Waals surface area (Å²) in [5, 5.41) is 5.97. The van der Waals surface area contributed by atoms with Gasteiger partial charge in [0.1, 0.15) is 0 Å². The van der Waals surface area contributed by atoms with Crippen LogP contribution in [0.5, 0.6) is 0 Å². The molecule has 1 aromatic rings. The van der Waals surface area contributed by atoms with Crippen LogP contribution in [0, 0.1) is 18.3 Å². The van der Waals surface area contributed by atoms with E-state index in [1.54, 1.807) is 0 Å². The van der Waals surface area contributed by atoms with Crippen molar-refractivity contribution in [2.45, 2.75) is 45.8 Å². The molecule has 1 saturated carbocycles. The second kappa shape index (κ2) is 4.62. The van der Waals surface area contributed by atoms with Gasteiger partial charge in [-0.25, -0.2) is 0 Å².